The van der Waals surface area contributed by atoms with Gasteiger partial charge in [0, 0.05) is 30.4 Å². The topological polar surface area (TPSA) is 41.1 Å². The van der Waals surface area contributed by atoms with Gasteiger partial charge < -0.3 is 10.6 Å². The molecule has 0 unspecified atom stereocenters. The number of hydrogen-bond donors (Lipinski definition) is 2. The van der Waals surface area contributed by atoms with Gasteiger partial charge in [0.2, 0.25) is 5.91 Å². The first-order valence-corrected chi connectivity index (χ1v) is 8.32. The van der Waals surface area contributed by atoms with Crippen molar-refractivity contribution in [2.75, 3.05) is 13.1 Å². The van der Waals surface area contributed by atoms with Crippen LogP contribution in [-0.4, -0.2) is 19.0 Å². The number of thiophene rings is 1. The first kappa shape index (κ1) is 14.3. The Balaban J connectivity index is 1.39. The molecule has 2 N–H and O–H groups in total. The molecule has 1 heterocycles. The summed E-state index contributed by atoms with van der Waals surface area (Å²) in [6.07, 6.45) is 2.13. The third kappa shape index (κ3) is 4.16. The van der Waals surface area contributed by atoms with Crippen molar-refractivity contribution in [3.8, 4) is 11.1 Å². The van der Waals surface area contributed by atoms with Gasteiger partial charge in [-0.3, -0.25) is 4.79 Å². The van der Waals surface area contributed by atoms with Gasteiger partial charge in [-0.15, -0.1) is 11.3 Å². The highest BCUT2D eigenvalue weighted by Gasteiger charge is 2.28. The number of carbonyl (C=O) groups is 1. The molecule has 2 aromatic rings. The molecule has 1 fully saturated rings. The fraction of sp³-hybridized carbons (Fsp3) is 0.353. The zero-order chi connectivity index (χ0) is 14.5. The third-order valence-corrected chi connectivity index (χ3v) is 4.55. The van der Waals surface area contributed by atoms with Crippen molar-refractivity contribution in [2.24, 2.45) is 5.92 Å². The van der Waals surface area contributed by atoms with Gasteiger partial charge in [-0.25, -0.2) is 0 Å². The Hall–Kier alpha value is -1.65. The van der Waals surface area contributed by atoms with Crippen LogP contribution in [0.2, 0.25) is 0 Å². The van der Waals surface area contributed by atoms with Gasteiger partial charge in [-0.1, -0.05) is 30.3 Å². The number of rotatable bonds is 7. The van der Waals surface area contributed by atoms with E-state index in [2.05, 4.69) is 46.3 Å². The average Bonchev–Trinajstić information content (AvgIpc) is 3.27. The summed E-state index contributed by atoms with van der Waals surface area (Å²) in [6.45, 7) is 2.39. The molecule has 0 saturated heterocycles. The molecule has 3 nitrogen and oxygen atoms in total. The molecule has 1 aliphatic carbocycles. The van der Waals surface area contributed by atoms with Gasteiger partial charge in [-0.2, -0.15) is 0 Å². The zero-order valence-corrected chi connectivity index (χ0v) is 12.8. The van der Waals surface area contributed by atoms with Crippen LogP contribution < -0.4 is 10.6 Å². The predicted molar refractivity (Wildman–Crippen MR) is 87.2 cm³/mol. The molecule has 3 rings (SSSR count). The summed E-state index contributed by atoms with van der Waals surface area (Å²) in [5.74, 6) is 0.523. The summed E-state index contributed by atoms with van der Waals surface area (Å²) >= 11 is 1.77. The number of nitrogens with one attached hydrogen (secondary N) is 2. The zero-order valence-electron chi connectivity index (χ0n) is 12.0. The van der Waals surface area contributed by atoms with E-state index in [-0.39, 0.29) is 5.91 Å². The molecule has 0 atom stereocenters. The summed E-state index contributed by atoms with van der Waals surface area (Å²) in [4.78, 5) is 12.8. The number of hydrogen-bond acceptors (Lipinski definition) is 3. The molecule has 110 valence electrons. The molecular formula is C17H20N2OS. The fourth-order valence-electron chi connectivity index (χ4n) is 2.23. The monoisotopic (exact) mass is 300 g/mol. The molecule has 0 bridgehead atoms. The van der Waals surface area contributed by atoms with Crippen LogP contribution in [0, 0.1) is 5.92 Å². The van der Waals surface area contributed by atoms with Crippen molar-refractivity contribution >= 4 is 17.2 Å². The summed E-state index contributed by atoms with van der Waals surface area (Å²) in [5.41, 5.74) is 2.54. The lowest BCUT2D eigenvalue weighted by Crippen LogP contribution is -2.32. The molecule has 0 aliphatic heterocycles. The fourth-order valence-corrected chi connectivity index (χ4v) is 3.09. The van der Waals surface area contributed by atoms with E-state index in [1.54, 1.807) is 11.3 Å². The Morgan fingerprint density at radius 3 is 2.71 bits per heavy atom. The van der Waals surface area contributed by atoms with Crippen LogP contribution in [0.25, 0.3) is 11.1 Å². The molecule has 1 aliphatic rings. The van der Waals surface area contributed by atoms with E-state index in [1.807, 2.05) is 6.07 Å². The number of amides is 1. The highest BCUT2D eigenvalue weighted by Crippen LogP contribution is 2.28. The molecule has 21 heavy (non-hydrogen) atoms. The predicted octanol–water partition coefficient (Wildman–Crippen LogP) is 3.03. The van der Waals surface area contributed by atoms with Crippen molar-refractivity contribution in [3.05, 3.63) is 46.7 Å². The Bertz CT molecular complexity index is 590. The van der Waals surface area contributed by atoms with E-state index in [4.69, 9.17) is 0 Å². The van der Waals surface area contributed by atoms with Gasteiger partial charge in [0.25, 0.3) is 0 Å². The average molecular weight is 300 g/mol. The van der Waals surface area contributed by atoms with Crippen molar-refractivity contribution < 1.29 is 4.79 Å². The molecular weight excluding hydrogens is 280 g/mol. The van der Waals surface area contributed by atoms with Crippen LogP contribution in [0.5, 0.6) is 0 Å². The molecule has 1 amide bonds. The van der Waals surface area contributed by atoms with E-state index in [0.29, 0.717) is 12.5 Å². The van der Waals surface area contributed by atoms with E-state index in [1.165, 1.54) is 16.0 Å². The Morgan fingerprint density at radius 1 is 1.14 bits per heavy atom. The second-order valence-corrected chi connectivity index (χ2v) is 6.41. The summed E-state index contributed by atoms with van der Waals surface area (Å²) in [5, 5.41) is 8.54. The lowest BCUT2D eigenvalue weighted by molar-refractivity contribution is -0.122. The minimum Gasteiger partial charge on any atom is -0.355 e. The number of carbonyl (C=O) groups excluding carboxylic acids is 1. The van der Waals surface area contributed by atoms with Gasteiger partial charge in [0.05, 0.1) is 0 Å². The summed E-state index contributed by atoms with van der Waals surface area (Å²) in [7, 11) is 0. The minimum absolute atomic E-state index is 0.222. The SMILES string of the molecule is O=C(NCCNCc1cc(-c2ccccc2)cs1)C1CC1. The van der Waals surface area contributed by atoms with E-state index in [0.717, 1.165) is 25.9 Å². The van der Waals surface area contributed by atoms with Crippen LogP contribution in [0.15, 0.2) is 41.8 Å². The second-order valence-electron chi connectivity index (χ2n) is 5.41. The van der Waals surface area contributed by atoms with Gasteiger partial charge in [-0.05, 0) is 35.4 Å². The summed E-state index contributed by atoms with van der Waals surface area (Å²) in [6, 6.07) is 12.7. The standard InChI is InChI=1S/C17H20N2OS/c20-17(14-6-7-14)19-9-8-18-11-16-10-15(12-21-16)13-4-2-1-3-5-13/h1-5,10,12,14,18H,6-9,11H2,(H,19,20). The quantitative estimate of drug-likeness (QED) is 0.772. The Morgan fingerprint density at radius 2 is 1.95 bits per heavy atom. The van der Waals surface area contributed by atoms with E-state index >= 15 is 0 Å². The Labute approximate surface area is 129 Å². The molecule has 0 spiro atoms. The number of benzene rings is 1. The van der Waals surface area contributed by atoms with Gasteiger partial charge in [0.1, 0.15) is 0 Å². The second kappa shape index (κ2) is 6.87. The maximum absolute atomic E-state index is 11.5. The van der Waals surface area contributed by atoms with Crippen molar-refractivity contribution in [3.63, 3.8) is 0 Å². The largest absolute Gasteiger partial charge is 0.355 e. The minimum atomic E-state index is 0.222. The maximum atomic E-state index is 11.5. The molecule has 1 aromatic heterocycles. The van der Waals surface area contributed by atoms with Crippen molar-refractivity contribution in [2.45, 2.75) is 19.4 Å². The van der Waals surface area contributed by atoms with Crippen LogP contribution >= 0.6 is 11.3 Å². The Kier molecular flexibility index (Phi) is 4.68. The lowest BCUT2D eigenvalue weighted by atomic mass is 10.1. The van der Waals surface area contributed by atoms with Crippen molar-refractivity contribution in [1.82, 2.24) is 10.6 Å². The molecule has 4 heteroatoms. The van der Waals surface area contributed by atoms with E-state index in [9.17, 15) is 4.79 Å². The van der Waals surface area contributed by atoms with Crippen LogP contribution in [0.3, 0.4) is 0 Å². The normalized spacial score (nSPS) is 14.1. The molecule has 1 saturated carbocycles. The molecule has 0 radical (unpaired) electrons. The summed E-state index contributed by atoms with van der Waals surface area (Å²) < 4.78 is 0. The maximum Gasteiger partial charge on any atom is 0.223 e. The smallest absolute Gasteiger partial charge is 0.223 e. The lowest BCUT2D eigenvalue weighted by Gasteiger charge is -2.05. The third-order valence-electron chi connectivity index (χ3n) is 3.61. The van der Waals surface area contributed by atoms with Crippen molar-refractivity contribution in [1.29, 1.82) is 0 Å². The first-order chi connectivity index (χ1) is 10.3. The highest BCUT2D eigenvalue weighted by molar-refractivity contribution is 7.10. The van der Waals surface area contributed by atoms with Gasteiger partial charge in [0.15, 0.2) is 0 Å². The van der Waals surface area contributed by atoms with Gasteiger partial charge >= 0.3 is 0 Å². The van der Waals surface area contributed by atoms with Crippen LogP contribution in [0.1, 0.15) is 17.7 Å². The first-order valence-electron chi connectivity index (χ1n) is 7.44. The highest BCUT2D eigenvalue weighted by atomic mass is 32.1. The van der Waals surface area contributed by atoms with Crippen LogP contribution in [0.4, 0.5) is 0 Å². The molecule has 1 aromatic carbocycles. The van der Waals surface area contributed by atoms with Crippen LogP contribution in [-0.2, 0) is 11.3 Å². The van der Waals surface area contributed by atoms with E-state index < -0.39 is 0 Å².